The van der Waals surface area contributed by atoms with Crippen LogP contribution in [0, 0.1) is 0 Å². The van der Waals surface area contributed by atoms with Crippen LogP contribution in [0.25, 0.3) is 11.3 Å². The molecule has 5 heteroatoms. The van der Waals surface area contributed by atoms with Crippen molar-refractivity contribution in [2.45, 2.75) is 13.0 Å². The van der Waals surface area contributed by atoms with Crippen LogP contribution in [0.15, 0.2) is 60.7 Å². The SMILES string of the molecule is O=C(Nc1ccccc1)N1CCc2[nH]nc(-c3ccccc3)c2C1. The molecule has 3 aromatic rings. The fourth-order valence-electron chi connectivity index (χ4n) is 3.03. The quantitative estimate of drug-likeness (QED) is 0.757. The number of hydrogen-bond donors (Lipinski definition) is 2. The number of amides is 2. The molecule has 0 radical (unpaired) electrons. The van der Waals surface area contributed by atoms with Crippen LogP contribution in [0.4, 0.5) is 10.5 Å². The zero-order chi connectivity index (χ0) is 16.4. The lowest BCUT2D eigenvalue weighted by Gasteiger charge is -2.27. The molecule has 0 aliphatic carbocycles. The maximum absolute atomic E-state index is 12.5. The average Bonchev–Trinajstić information content (AvgIpc) is 3.06. The van der Waals surface area contributed by atoms with E-state index in [0.29, 0.717) is 13.1 Å². The van der Waals surface area contributed by atoms with E-state index in [1.165, 1.54) is 0 Å². The summed E-state index contributed by atoms with van der Waals surface area (Å²) < 4.78 is 0. The van der Waals surface area contributed by atoms with Gasteiger partial charge in [-0.3, -0.25) is 5.10 Å². The van der Waals surface area contributed by atoms with Gasteiger partial charge >= 0.3 is 6.03 Å². The summed E-state index contributed by atoms with van der Waals surface area (Å²) in [6.07, 6.45) is 0.789. The van der Waals surface area contributed by atoms with Gasteiger partial charge in [-0.15, -0.1) is 0 Å². The van der Waals surface area contributed by atoms with Crippen LogP contribution in [0.3, 0.4) is 0 Å². The number of aromatic nitrogens is 2. The summed E-state index contributed by atoms with van der Waals surface area (Å²) in [5.74, 6) is 0. The largest absolute Gasteiger partial charge is 0.322 e. The second-order valence-electron chi connectivity index (χ2n) is 5.86. The van der Waals surface area contributed by atoms with E-state index in [1.807, 2.05) is 65.6 Å². The molecule has 0 bridgehead atoms. The molecule has 2 aromatic carbocycles. The number of H-pyrrole nitrogens is 1. The highest BCUT2D eigenvalue weighted by Gasteiger charge is 2.25. The molecule has 0 atom stereocenters. The maximum atomic E-state index is 12.5. The van der Waals surface area contributed by atoms with E-state index in [-0.39, 0.29) is 6.03 Å². The molecule has 0 saturated heterocycles. The molecule has 0 saturated carbocycles. The Bertz CT molecular complexity index is 842. The molecule has 2 N–H and O–H groups in total. The summed E-state index contributed by atoms with van der Waals surface area (Å²) in [6, 6.07) is 19.5. The minimum atomic E-state index is -0.0768. The first-order valence-corrected chi connectivity index (χ1v) is 8.04. The minimum absolute atomic E-state index is 0.0768. The fraction of sp³-hybridized carbons (Fsp3) is 0.158. The van der Waals surface area contributed by atoms with Gasteiger partial charge in [-0.05, 0) is 12.1 Å². The lowest BCUT2D eigenvalue weighted by Crippen LogP contribution is -2.38. The van der Waals surface area contributed by atoms with Gasteiger partial charge in [-0.1, -0.05) is 48.5 Å². The Kier molecular flexibility index (Phi) is 3.75. The second-order valence-corrected chi connectivity index (χ2v) is 5.86. The van der Waals surface area contributed by atoms with Crippen molar-refractivity contribution in [3.8, 4) is 11.3 Å². The molecule has 24 heavy (non-hydrogen) atoms. The summed E-state index contributed by atoms with van der Waals surface area (Å²) >= 11 is 0. The Labute approximate surface area is 140 Å². The minimum Gasteiger partial charge on any atom is -0.320 e. The fourth-order valence-corrected chi connectivity index (χ4v) is 3.03. The maximum Gasteiger partial charge on any atom is 0.322 e. The van der Waals surface area contributed by atoms with Crippen LogP contribution in [0.2, 0.25) is 0 Å². The summed E-state index contributed by atoms with van der Waals surface area (Å²) in [5, 5.41) is 10.5. The number of nitrogens with zero attached hydrogens (tertiary/aromatic N) is 2. The van der Waals surface area contributed by atoms with Crippen LogP contribution in [-0.4, -0.2) is 27.7 Å². The third-order valence-corrected chi connectivity index (χ3v) is 4.29. The van der Waals surface area contributed by atoms with E-state index in [1.54, 1.807) is 0 Å². The topological polar surface area (TPSA) is 61.0 Å². The molecular formula is C19H18N4O. The molecule has 0 spiro atoms. The normalized spacial score (nSPS) is 13.4. The number of aromatic amines is 1. The molecule has 1 aliphatic rings. The number of benzene rings is 2. The van der Waals surface area contributed by atoms with Crippen molar-refractivity contribution in [2.24, 2.45) is 0 Å². The predicted octanol–water partition coefficient (Wildman–Crippen LogP) is 3.67. The summed E-state index contributed by atoms with van der Waals surface area (Å²) in [7, 11) is 0. The van der Waals surface area contributed by atoms with Gasteiger partial charge in [0.15, 0.2) is 0 Å². The Hall–Kier alpha value is -3.08. The first-order valence-electron chi connectivity index (χ1n) is 8.04. The molecule has 4 rings (SSSR count). The van der Waals surface area contributed by atoms with Crippen molar-refractivity contribution in [3.05, 3.63) is 71.9 Å². The molecule has 2 amide bonds. The number of fused-ring (bicyclic) bond motifs is 1. The summed E-state index contributed by atoms with van der Waals surface area (Å²) in [5.41, 5.74) is 5.04. The number of rotatable bonds is 2. The Morgan fingerprint density at radius 1 is 1.04 bits per heavy atom. The van der Waals surface area contributed by atoms with E-state index >= 15 is 0 Å². The van der Waals surface area contributed by atoms with Crippen molar-refractivity contribution < 1.29 is 4.79 Å². The molecule has 0 unspecified atom stereocenters. The Balaban J connectivity index is 1.55. The van der Waals surface area contributed by atoms with E-state index < -0.39 is 0 Å². The zero-order valence-corrected chi connectivity index (χ0v) is 13.2. The summed E-state index contributed by atoms with van der Waals surface area (Å²) in [4.78, 5) is 14.4. The van der Waals surface area contributed by atoms with E-state index in [0.717, 1.165) is 34.6 Å². The number of carbonyl (C=O) groups excluding carboxylic acids is 1. The van der Waals surface area contributed by atoms with Crippen molar-refractivity contribution in [1.29, 1.82) is 0 Å². The number of hydrogen-bond acceptors (Lipinski definition) is 2. The number of carbonyl (C=O) groups is 1. The summed E-state index contributed by atoms with van der Waals surface area (Å²) in [6.45, 7) is 1.25. The first-order chi connectivity index (χ1) is 11.8. The second kappa shape index (κ2) is 6.20. The van der Waals surface area contributed by atoms with E-state index in [2.05, 4.69) is 15.5 Å². The van der Waals surface area contributed by atoms with Gasteiger partial charge < -0.3 is 10.2 Å². The highest BCUT2D eigenvalue weighted by molar-refractivity contribution is 5.89. The third-order valence-electron chi connectivity index (χ3n) is 4.29. The van der Waals surface area contributed by atoms with Crippen LogP contribution in [0.1, 0.15) is 11.3 Å². The molecule has 2 heterocycles. The van der Waals surface area contributed by atoms with Crippen molar-refractivity contribution in [2.75, 3.05) is 11.9 Å². The van der Waals surface area contributed by atoms with Gasteiger partial charge in [0, 0.05) is 35.5 Å². The lowest BCUT2D eigenvalue weighted by molar-refractivity contribution is 0.206. The van der Waals surface area contributed by atoms with Crippen LogP contribution in [-0.2, 0) is 13.0 Å². The van der Waals surface area contributed by atoms with Gasteiger partial charge in [0.1, 0.15) is 0 Å². The van der Waals surface area contributed by atoms with Gasteiger partial charge in [0.05, 0.1) is 12.2 Å². The highest BCUT2D eigenvalue weighted by atomic mass is 16.2. The van der Waals surface area contributed by atoms with Crippen LogP contribution < -0.4 is 5.32 Å². The van der Waals surface area contributed by atoms with Gasteiger partial charge in [-0.25, -0.2) is 4.79 Å². The number of para-hydroxylation sites is 1. The predicted molar refractivity (Wildman–Crippen MR) is 93.6 cm³/mol. The lowest BCUT2D eigenvalue weighted by atomic mass is 10.0. The average molecular weight is 318 g/mol. The number of urea groups is 1. The molecular weight excluding hydrogens is 300 g/mol. The van der Waals surface area contributed by atoms with Crippen molar-refractivity contribution >= 4 is 11.7 Å². The Morgan fingerprint density at radius 2 is 1.75 bits per heavy atom. The monoisotopic (exact) mass is 318 g/mol. The van der Waals surface area contributed by atoms with E-state index in [4.69, 9.17) is 0 Å². The van der Waals surface area contributed by atoms with Crippen LogP contribution in [0.5, 0.6) is 0 Å². The number of nitrogens with one attached hydrogen (secondary N) is 2. The number of anilines is 1. The zero-order valence-electron chi connectivity index (χ0n) is 13.2. The smallest absolute Gasteiger partial charge is 0.320 e. The van der Waals surface area contributed by atoms with Gasteiger partial charge in [0.25, 0.3) is 0 Å². The van der Waals surface area contributed by atoms with Gasteiger partial charge in [-0.2, -0.15) is 5.10 Å². The highest BCUT2D eigenvalue weighted by Crippen LogP contribution is 2.28. The van der Waals surface area contributed by atoms with Crippen LogP contribution >= 0.6 is 0 Å². The molecule has 0 fully saturated rings. The molecule has 1 aromatic heterocycles. The molecule has 120 valence electrons. The Morgan fingerprint density at radius 3 is 2.50 bits per heavy atom. The molecule has 5 nitrogen and oxygen atoms in total. The molecule has 1 aliphatic heterocycles. The van der Waals surface area contributed by atoms with Crippen molar-refractivity contribution in [1.82, 2.24) is 15.1 Å². The first kappa shape index (κ1) is 14.5. The van der Waals surface area contributed by atoms with Gasteiger partial charge in [0.2, 0.25) is 0 Å². The third kappa shape index (κ3) is 2.76. The van der Waals surface area contributed by atoms with E-state index in [9.17, 15) is 4.79 Å². The standard InChI is InChI=1S/C19H18N4O/c24-19(20-15-9-5-2-6-10-15)23-12-11-17-16(13-23)18(22-21-17)14-7-3-1-4-8-14/h1-10H,11-13H2,(H,20,24)(H,21,22). The van der Waals surface area contributed by atoms with Crippen molar-refractivity contribution in [3.63, 3.8) is 0 Å².